The van der Waals surface area contributed by atoms with E-state index < -0.39 is 5.66 Å². The maximum absolute atomic E-state index is 12.1. The minimum atomic E-state index is -1.38. The fourth-order valence-corrected chi connectivity index (χ4v) is 1.94. The van der Waals surface area contributed by atoms with Crippen molar-refractivity contribution in [2.75, 3.05) is 20.6 Å². The zero-order chi connectivity index (χ0) is 12.6. The van der Waals surface area contributed by atoms with Gasteiger partial charge in [0.2, 0.25) is 0 Å². The van der Waals surface area contributed by atoms with Crippen LogP contribution in [0.1, 0.15) is 6.92 Å². The van der Waals surface area contributed by atoms with Crippen LogP contribution in [0.3, 0.4) is 0 Å². The molecule has 1 unspecified atom stereocenters. The second kappa shape index (κ2) is 3.72. The Balaban J connectivity index is 2.50. The van der Waals surface area contributed by atoms with E-state index in [4.69, 9.17) is 0 Å². The summed E-state index contributed by atoms with van der Waals surface area (Å²) in [5.41, 5.74) is 1.16. The molecule has 3 amide bonds. The molecule has 0 radical (unpaired) electrons. The first kappa shape index (κ1) is 11.4. The summed E-state index contributed by atoms with van der Waals surface area (Å²) in [6, 6.07) is -0.323. The fraction of sp³-hybridized carbons (Fsp3) is 0.556. The quantitative estimate of drug-likeness (QED) is 0.630. The zero-order valence-electron chi connectivity index (χ0n) is 9.89. The number of carbonyl (C=O) groups excluding carboxylic acids is 2. The largest absolute Gasteiger partial charge is 0.352 e. The zero-order valence-corrected chi connectivity index (χ0v) is 9.89. The number of urea groups is 1. The summed E-state index contributed by atoms with van der Waals surface area (Å²) in [5, 5.41) is 6.64. The molecular formula is C9H14N6O2. The van der Waals surface area contributed by atoms with Crippen molar-refractivity contribution in [1.82, 2.24) is 20.5 Å². The molecule has 2 heterocycles. The molecule has 2 rings (SSSR count). The van der Waals surface area contributed by atoms with Gasteiger partial charge >= 0.3 is 6.03 Å². The highest BCUT2D eigenvalue weighted by molar-refractivity contribution is 6.22. The standard InChI is InChI=1S/C9H14N6O2/c1-4-10-7(16)9-6(13-12-5-11-9)14(2)8(17)15(9)3/h5H,4H2,1-3H3,(H,10,16)(H,11,12). The maximum atomic E-state index is 12.1. The Morgan fingerprint density at radius 3 is 2.94 bits per heavy atom. The number of hydrogen-bond acceptors (Lipinski definition) is 5. The highest BCUT2D eigenvalue weighted by Crippen LogP contribution is 2.29. The van der Waals surface area contributed by atoms with E-state index in [2.05, 4.69) is 20.8 Å². The number of hydrogen-bond donors (Lipinski definition) is 2. The molecule has 0 aromatic heterocycles. The topological polar surface area (TPSA) is 89.4 Å². The number of nitrogens with zero attached hydrogens (tertiary/aromatic N) is 4. The van der Waals surface area contributed by atoms with E-state index in [9.17, 15) is 9.59 Å². The number of amidine groups is 1. The van der Waals surface area contributed by atoms with Crippen LogP contribution in [0.2, 0.25) is 0 Å². The molecule has 1 atom stereocenters. The summed E-state index contributed by atoms with van der Waals surface area (Å²) in [5.74, 6) is -0.0878. The van der Waals surface area contributed by atoms with Crippen molar-refractivity contribution in [3.05, 3.63) is 0 Å². The Bertz CT molecular complexity index is 431. The average molecular weight is 238 g/mol. The predicted octanol–water partition coefficient (Wildman–Crippen LogP) is -1.24. The van der Waals surface area contributed by atoms with Crippen molar-refractivity contribution in [2.45, 2.75) is 12.6 Å². The van der Waals surface area contributed by atoms with Crippen molar-refractivity contribution in [3.8, 4) is 0 Å². The normalized spacial score (nSPS) is 26.5. The lowest BCUT2D eigenvalue weighted by Gasteiger charge is -2.30. The fourth-order valence-electron chi connectivity index (χ4n) is 1.94. The van der Waals surface area contributed by atoms with Gasteiger partial charge in [0.1, 0.15) is 6.34 Å². The van der Waals surface area contributed by atoms with Crippen LogP contribution >= 0.6 is 0 Å². The summed E-state index contributed by atoms with van der Waals surface area (Å²) in [6.07, 6.45) is 1.31. The van der Waals surface area contributed by atoms with E-state index in [1.165, 1.54) is 23.2 Å². The minimum absolute atomic E-state index is 0.276. The van der Waals surface area contributed by atoms with Crippen LogP contribution in [0.25, 0.3) is 0 Å². The number of amides is 3. The van der Waals surface area contributed by atoms with Crippen LogP contribution in [0, 0.1) is 0 Å². The first-order valence-electron chi connectivity index (χ1n) is 5.23. The summed E-state index contributed by atoms with van der Waals surface area (Å²) in [6.45, 7) is 2.26. The van der Waals surface area contributed by atoms with Gasteiger partial charge in [-0.15, -0.1) is 0 Å². The molecule has 0 saturated carbocycles. The molecule has 0 aromatic carbocycles. The first-order valence-corrected chi connectivity index (χ1v) is 5.23. The molecule has 2 aliphatic heterocycles. The van der Waals surface area contributed by atoms with Crippen molar-refractivity contribution in [1.29, 1.82) is 0 Å². The number of aliphatic imine (C=N–C) groups is 1. The average Bonchev–Trinajstić information content (AvgIpc) is 2.54. The summed E-state index contributed by atoms with van der Waals surface area (Å²) < 4.78 is 0. The molecule has 2 aliphatic rings. The molecule has 1 saturated heterocycles. The van der Waals surface area contributed by atoms with E-state index in [0.29, 0.717) is 6.54 Å². The van der Waals surface area contributed by atoms with Crippen LogP contribution in [-0.4, -0.2) is 60.2 Å². The predicted molar refractivity (Wildman–Crippen MR) is 61.4 cm³/mol. The van der Waals surface area contributed by atoms with Crippen LogP contribution in [0.15, 0.2) is 10.1 Å². The van der Waals surface area contributed by atoms with E-state index in [-0.39, 0.29) is 17.8 Å². The lowest BCUT2D eigenvalue weighted by atomic mass is 10.1. The second-order valence-corrected chi connectivity index (χ2v) is 3.75. The molecule has 0 spiro atoms. The smallest absolute Gasteiger partial charge is 0.327 e. The van der Waals surface area contributed by atoms with Crippen LogP contribution < -0.4 is 10.7 Å². The second-order valence-electron chi connectivity index (χ2n) is 3.75. The molecule has 17 heavy (non-hydrogen) atoms. The van der Waals surface area contributed by atoms with Gasteiger partial charge in [0.25, 0.3) is 11.6 Å². The molecule has 8 nitrogen and oxygen atoms in total. The Morgan fingerprint density at radius 2 is 2.29 bits per heavy atom. The third-order valence-electron chi connectivity index (χ3n) is 2.82. The van der Waals surface area contributed by atoms with E-state index >= 15 is 0 Å². The maximum Gasteiger partial charge on any atom is 0.327 e. The van der Waals surface area contributed by atoms with Gasteiger partial charge < -0.3 is 5.32 Å². The SMILES string of the molecule is CCNC(=O)C12N=CNN=C1N(C)C(=O)N2C. The summed E-state index contributed by atoms with van der Waals surface area (Å²) in [4.78, 5) is 30.7. The molecular weight excluding hydrogens is 224 g/mol. The van der Waals surface area contributed by atoms with Crippen LogP contribution in [0.5, 0.6) is 0 Å². The van der Waals surface area contributed by atoms with Crippen molar-refractivity contribution in [2.24, 2.45) is 10.1 Å². The third kappa shape index (κ3) is 1.30. The minimum Gasteiger partial charge on any atom is -0.352 e. The van der Waals surface area contributed by atoms with Gasteiger partial charge in [-0.3, -0.25) is 20.0 Å². The van der Waals surface area contributed by atoms with E-state index in [0.717, 1.165) is 0 Å². The number of nitrogens with one attached hydrogen (secondary N) is 2. The molecule has 92 valence electrons. The van der Waals surface area contributed by atoms with Gasteiger partial charge in [0.05, 0.1) is 0 Å². The van der Waals surface area contributed by atoms with Crippen molar-refractivity contribution >= 4 is 24.1 Å². The van der Waals surface area contributed by atoms with Gasteiger partial charge in [0, 0.05) is 20.6 Å². The van der Waals surface area contributed by atoms with Gasteiger partial charge in [-0.25, -0.2) is 9.79 Å². The Hall–Kier alpha value is -2.12. The molecule has 2 N–H and O–H groups in total. The lowest BCUT2D eigenvalue weighted by molar-refractivity contribution is -0.126. The number of fused-ring (bicyclic) bond motifs is 1. The van der Waals surface area contributed by atoms with Crippen LogP contribution in [0.4, 0.5) is 4.79 Å². The molecule has 0 aromatic rings. The number of hydrazone groups is 1. The van der Waals surface area contributed by atoms with Crippen molar-refractivity contribution < 1.29 is 9.59 Å². The van der Waals surface area contributed by atoms with E-state index in [1.54, 1.807) is 14.0 Å². The first-order chi connectivity index (χ1) is 8.05. The Morgan fingerprint density at radius 1 is 1.59 bits per heavy atom. The Kier molecular flexibility index (Phi) is 2.49. The number of rotatable bonds is 2. The lowest BCUT2D eigenvalue weighted by Crippen LogP contribution is -2.59. The van der Waals surface area contributed by atoms with Gasteiger partial charge in [-0.1, -0.05) is 0 Å². The van der Waals surface area contributed by atoms with Crippen LogP contribution in [-0.2, 0) is 4.79 Å². The highest BCUT2D eigenvalue weighted by Gasteiger charge is 2.59. The van der Waals surface area contributed by atoms with Gasteiger partial charge in [-0.2, -0.15) is 5.10 Å². The summed E-state index contributed by atoms with van der Waals surface area (Å²) in [7, 11) is 3.08. The molecule has 8 heteroatoms. The highest BCUT2D eigenvalue weighted by atomic mass is 16.2. The number of likely N-dealkylation sites (N-methyl/N-ethyl adjacent to an activating group) is 3. The molecule has 0 bridgehead atoms. The Labute approximate surface area is 98.4 Å². The third-order valence-corrected chi connectivity index (χ3v) is 2.82. The van der Waals surface area contributed by atoms with Gasteiger partial charge in [0.15, 0.2) is 5.84 Å². The summed E-state index contributed by atoms with van der Waals surface area (Å²) >= 11 is 0. The van der Waals surface area contributed by atoms with Crippen molar-refractivity contribution in [3.63, 3.8) is 0 Å². The number of carbonyl (C=O) groups is 2. The molecule has 0 aliphatic carbocycles. The van der Waals surface area contributed by atoms with Gasteiger partial charge in [-0.05, 0) is 6.92 Å². The monoisotopic (exact) mass is 238 g/mol. The van der Waals surface area contributed by atoms with E-state index in [1.807, 2.05) is 0 Å². The molecule has 1 fully saturated rings.